The Labute approximate surface area is 112 Å². The zero-order valence-electron chi connectivity index (χ0n) is 10.3. The van der Waals surface area contributed by atoms with Crippen molar-refractivity contribution in [2.75, 3.05) is 18.0 Å². The summed E-state index contributed by atoms with van der Waals surface area (Å²) in [5.74, 6) is 1.11. The van der Waals surface area contributed by atoms with E-state index < -0.39 is 10.0 Å². The lowest BCUT2D eigenvalue weighted by Crippen LogP contribution is -2.36. The molecule has 1 aromatic carbocycles. The summed E-state index contributed by atoms with van der Waals surface area (Å²) in [6, 6.07) is 6.36. The van der Waals surface area contributed by atoms with E-state index in [0.29, 0.717) is 12.2 Å². The third-order valence-corrected chi connectivity index (χ3v) is 6.04. The van der Waals surface area contributed by atoms with E-state index in [-0.39, 0.29) is 9.64 Å². The highest BCUT2D eigenvalue weighted by Crippen LogP contribution is 2.37. The van der Waals surface area contributed by atoms with Crippen molar-refractivity contribution in [2.24, 2.45) is 0 Å². The van der Waals surface area contributed by atoms with Gasteiger partial charge in [-0.3, -0.25) is 0 Å². The minimum Gasteiger partial charge on any atom is -0.399 e. The van der Waals surface area contributed by atoms with Gasteiger partial charge in [0, 0.05) is 17.0 Å². The number of thioether (sulfide) groups is 1. The summed E-state index contributed by atoms with van der Waals surface area (Å²) in [4.78, 5) is 0.231. The SMILES string of the molecule is CC1(CNS(=O)(=O)c2cccc(N)c2)CCCS1. The molecule has 4 nitrogen and oxygen atoms in total. The first-order valence-electron chi connectivity index (χ1n) is 5.91. The fraction of sp³-hybridized carbons (Fsp3) is 0.500. The van der Waals surface area contributed by atoms with E-state index in [9.17, 15) is 8.42 Å². The van der Waals surface area contributed by atoms with E-state index in [1.165, 1.54) is 6.07 Å². The summed E-state index contributed by atoms with van der Waals surface area (Å²) in [6.07, 6.45) is 2.21. The van der Waals surface area contributed by atoms with Crippen LogP contribution >= 0.6 is 11.8 Å². The van der Waals surface area contributed by atoms with Gasteiger partial charge in [0.15, 0.2) is 0 Å². The molecule has 1 aromatic rings. The molecule has 0 bridgehead atoms. The number of rotatable bonds is 4. The predicted octanol–water partition coefficient (Wildman–Crippen LogP) is 1.83. The quantitative estimate of drug-likeness (QED) is 0.828. The van der Waals surface area contributed by atoms with Crippen LogP contribution in [0.25, 0.3) is 0 Å². The average Bonchev–Trinajstić information content (AvgIpc) is 2.75. The second kappa shape index (κ2) is 5.11. The fourth-order valence-corrected chi connectivity index (χ4v) is 4.55. The molecule has 0 aliphatic carbocycles. The number of hydrogen-bond acceptors (Lipinski definition) is 4. The maximum atomic E-state index is 12.1. The van der Waals surface area contributed by atoms with Gasteiger partial charge in [0.05, 0.1) is 4.90 Å². The molecule has 1 saturated heterocycles. The summed E-state index contributed by atoms with van der Waals surface area (Å²) >= 11 is 1.83. The first-order valence-corrected chi connectivity index (χ1v) is 8.37. The van der Waals surface area contributed by atoms with Crippen LogP contribution in [0.5, 0.6) is 0 Å². The van der Waals surface area contributed by atoms with Gasteiger partial charge >= 0.3 is 0 Å². The lowest BCUT2D eigenvalue weighted by Gasteiger charge is -2.22. The third-order valence-electron chi connectivity index (χ3n) is 3.11. The minimum atomic E-state index is -3.45. The molecule has 0 amide bonds. The lowest BCUT2D eigenvalue weighted by molar-refractivity contribution is 0.552. The smallest absolute Gasteiger partial charge is 0.240 e. The van der Waals surface area contributed by atoms with Crippen molar-refractivity contribution in [3.63, 3.8) is 0 Å². The number of sulfonamides is 1. The van der Waals surface area contributed by atoms with Gasteiger partial charge in [0.2, 0.25) is 10.0 Å². The van der Waals surface area contributed by atoms with Crippen LogP contribution in [0, 0.1) is 0 Å². The highest BCUT2D eigenvalue weighted by molar-refractivity contribution is 8.01. The van der Waals surface area contributed by atoms with Crippen molar-refractivity contribution < 1.29 is 8.42 Å². The van der Waals surface area contributed by atoms with E-state index in [4.69, 9.17) is 5.73 Å². The van der Waals surface area contributed by atoms with Gasteiger partial charge < -0.3 is 5.73 Å². The summed E-state index contributed by atoms with van der Waals surface area (Å²) in [7, 11) is -3.45. The van der Waals surface area contributed by atoms with E-state index in [0.717, 1.165) is 18.6 Å². The van der Waals surface area contributed by atoms with Crippen molar-refractivity contribution in [1.29, 1.82) is 0 Å². The number of nitrogens with one attached hydrogen (secondary N) is 1. The second-order valence-electron chi connectivity index (χ2n) is 4.80. The van der Waals surface area contributed by atoms with E-state index in [1.54, 1.807) is 18.2 Å². The molecule has 0 saturated carbocycles. The van der Waals surface area contributed by atoms with Crippen molar-refractivity contribution in [3.05, 3.63) is 24.3 Å². The van der Waals surface area contributed by atoms with E-state index in [1.807, 2.05) is 11.8 Å². The third kappa shape index (κ3) is 3.18. The van der Waals surface area contributed by atoms with Gasteiger partial charge in [-0.15, -0.1) is 0 Å². The Balaban J connectivity index is 2.08. The van der Waals surface area contributed by atoms with Crippen LogP contribution in [0.2, 0.25) is 0 Å². The highest BCUT2D eigenvalue weighted by Gasteiger charge is 2.31. The Morgan fingerprint density at radius 3 is 2.89 bits per heavy atom. The molecule has 0 radical (unpaired) electrons. The first kappa shape index (κ1) is 13.7. The number of anilines is 1. The van der Waals surface area contributed by atoms with Crippen LogP contribution in [-0.4, -0.2) is 25.5 Å². The monoisotopic (exact) mass is 286 g/mol. The Morgan fingerprint density at radius 2 is 2.28 bits per heavy atom. The minimum absolute atomic E-state index is 0.0212. The van der Waals surface area contributed by atoms with Crippen LogP contribution in [0.1, 0.15) is 19.8 Å². The molecular formula is C12H18N2O2S2. The number of benzene rings is 1. The Morgan fingerprint density at radius 1 is 1.50 bits per heavy atom. The summed E-state index contributed by atoms with van der Waals surface area (Å²) in [6.45, 7) is 2.57. The zero-order chi connectivity index (χ0) is 13.2. The second-order valence-corrected chi connectivity index (χ2v) is 8.25. The van der Waals surface area contributed by atoms with Crippen molar-refractivity contribution in [2.45, 2.75) is 29.4 Å². The lowest BCUT2D eigenvalue weighted by atomic mass is 10.1. The Kier molecular flexibility index (Phi) is 3.89. The largest absolute Gasteiger partial charge is 0.399 e. The molecule has 1 aliphatic heterocycles. The van der Waals surface area contributed by atoms with Crippen molar-refractivity contribution >= 4 is 27.5 Å². The van der Waals surface area contributed by atoms with Crippen LogP contribution in [0.15, 0.2) is 29.2 Å². The molecule has 0 aromatic heterocycles. The molecule has 1 unspecified atom stereocenters. The maximum absolute atomic E-state index is 12.1. The summed E-state index contributed by atoms with van der Waals surface area (Å²) in [5, 5.41) is 0. The maximum Gasteiger partial charge on any atom is 0.240 e. The van der Waals surface area contributed by atoms with Crippen LogP contribution in [0.4, 0.5) is 5.69 Å². The molecule has 0 spiro atoms. The zero-order valence-corrected chi connectivity index (χ0v) is 12.0. The Hall–Kier alpha value is -0.720. The van der Waals surface area contributed by atoms with Gasteiger partial charge in [-0.25, -0.2) is 13.1 Å². The van der Waals surface area contributed by atoms with Crippen LogP contribution in [0.3, 0.4) is 0 Å². The molecule has 2 rings (SSSR count). The van der Waals surface area contributed by atoms with Gasteiger partial charge in [-0.05, 0) is 43.7 Å². The van der Waals surface area contributed by atoms with Crippen molar-refractivity contribution in [1.82, 2.24) is 4.72 Å². The van der Waals surface area contributed by atoms with Gasteiger partial charge in [0.1, 0.15) is 0 Å². The normalized spacial score (nSPS) is 24.3. The molecule has 1 heterocycles. The molecule has 1 aliphatic rings. The van der Waals surface area contributed by atoms with Crippen LogP contribution < -0.4 is 10.5 Å². The molecule has 100 valence electrons. The van der Waals surface area contributed by atoms with Crippen molar-refractivity contribution in [3.8, 4) is 0 Å². The predicted molar refractivity (Wildman–Crippen MR) is 76.1 cm³/mol. The summed E-state index contributed by atoms with van der Waals surface area (Å²) < 4.78 is 26.9. The average molecular weight is 286 g/mol. The number of nitrogen functional groups attached to an aromatic ring is 1. The van der Waals surface area contributed by atoms with Gasteiger partial charge in [-0.2, -0.15) is 11.8 Å². The highest BCUT2D eigenvalue weighted by atomic mass is 32.2. The van der Waals surface area contributed by atoms with Gasteiger partial charge in [0.25, 0.3) is 0 Å². The first-order chi connectivity index (χ1) is 8.41. The molecule has 3 N–H and O–H groups in total. The van der Waals surface area contributed by atoms with E-state index in [2.05, 4.69) is 11.6 Å². The standard InChI is InChI=1S/C12H18N2O2S2/c1-12(6-3-7-17-12)9-14-18(15,16)11-5-2-4-10(13)8-11/h2,4-5,8,14H,3,6-7,9,13H2,1H3. The molecule has 1 fully saturated rings. The Bertz CT molecular complexity index is 523. The topological polar surface area (TPSA) is 72.2 Å². The van der Waals surface area contributed by atoms with Gasteiger partial charge in [-0.1, -0.05) is 6.07 Å². The van der Waals surface area contributed by atoms with E-state index >= 15 is 0 Å². The fourth-order valence-electron chi connectivity index (χ4n) is 1.99. The molecular weight excluding hydrogens is 268 g/mol. The number of nitrogens with two attached hydrogens (primary N) is 1. The summed E-state index contributed by atoms with van der Waals surface area (Å²) in [5.41, 5.74) is 6.06. The molecule has 18 heavy (non-hydrogen) atoms. The number of hydrogen-bond donors (Lipinski definition) is 2. The molecule has 1 atom stereocenters. The van der Waals surface area contributed by atoms with Crippen LogP contribution in [-0.2, 0) is 10.0 Å². The molecule has 6 heteroatoms.